The number of nitrogens with zero attached hydrogens (tertiary/aromatic N) is 3. The fourth-order valence-corrected chi connectivity index (χ4v) is 2.22. The van der Waals surface area contributed by atoms with Gasteiger partial charge in [0.25, 0.3) is 0 Å². The summed E-state index contributed by atoms with van der Waals surface area (Å²) in [7, 11) is 1.76. The maximum absolute atomic E-state index is 4.48. The molecule has 0 saturated heterocycles. The van der Waals surface area contributed by atoms with Crippen LogP contribution in [0.3, 0.4) is 0 Å². The van der Waals surface area contributed by atoms with Crippen LogP contribution in [0, 0.1) is 13.8 Å². The van der Waals surface area contributed by atoms with E-state index >= 15 is 0 Å². The molecular weight excluding hydrogens is 310 g/mol. The lowest BCUT2D eigenvalue weighted by Crippen LogP contribution is -2.23. The van der Waals surface area contributed by atoms with Gasteiger partial charge in [0.2, 0.25) is 0 Å². The number of unbranched alkanes of at least 4 members (excludes halogenated alkanes) is 1. The fraction of sp³-hybridized carbons (Fsp3) is 0.400. The lowest BCUT2D eigenvalue weighted by molar-refractivity contribution is 0.717. The molecule has 0 bridgehead atoms. The zero-order valence-electron chi connectivity index (χ0n) is 16.0. The van der Waals surface area contributed by atoms with Gasteiger partial charge in [0.15, 0.2) is 0 Å². The number of rotatable bonds is 11. The van der Waals surface area contributed by atoms with E-state index in [4.69, 9.17) is 0 Å². The third-order valence-electron chi connectivity index (χ3n) is 3.78. The molecule has 0 aliphatic heterocycles. The number of nitrogens with one attached hydrogen (secondary N) is 2. The van der Waals surface area contributed by atoms with Crippen LogP contribution in [0.15, 0.2) is 53.8 Å². The average molecular weight is 342 g/mol. The van der Waals surface area contributed by atoms with Crippen LogP contribution >= 0.6 is 0 Å². The first-order valence-electron chi connectivity index (χ1n) is 8.67. The normalized spacial score (nSPS) is 12.5. The Balaban J connectivity index is 2.99. The molecule has 5 nitrogen and oxygen atoms in total. The summed E-state index contributed by atoms with van der Waals surface area (Å²) in [6.45, 7) is 15.7. The molecule has 0 amide bonds. The minimum absolute atomic E-state index is 0.621. The van der Waals surface area contributed by atoms with Crippen molar-refractivity contribution in [2.45, 2.75) is 33.6 Å². The van der Waals surface area contributed by atoms with Gasteiger partial charge in [-0.1, -0.05) is 38.7 Å². The van der Waals surface area contributed by atoms with Gasteiger partial charge in [-0.3, -0.25) is 4.99 Å². The Morgan fingerprint density at radius 1 is 1.36 bits per heavy atom. The Bertz CT molecular complexity index is 662. The number of aliphatic imine (C=N–C) groups is 1. The van der Waals surface area contributed by atoms with Gasteiger partial charge < -0.3 is 10.6 Å². The van der Waals surface area contributed by atoms with E-state index in [1.807, 2.05) is 29.2 Å². The Hall–Kier alpha value is -2.56. The predicted octanol–water partition coefficient (Wildman–Crippen LogP) is 3.60. The van der Waals surface area contributed by atoms with E-state index in [-0.39, 0.29) is 0 Å². The van der Waals surface area contributed by atoms with Crippen molar-refractivity contribution in [3.8, 4) is 0 Å². The Morgan fingerprint density at radius 3 is 2.68 bits per heavy atom. The van der Waals surface area contributed by atoms with Crippen LogP contribution in [0.1, 0.15) is 31.0 Å². The molecule has 1 aromatic rings. The maximum atomic E-state index is 4.48. The van der Waals surface area contributed by atoms with Crippen LogP contribution < -0.4 is 10.6 Å². The van der Waals surface area contributed by atoms with Crippen molar-refractivity contribution in [2.24, 2.45) is 4.99 Å². The van der Waals surface area contributed by atoms with E-state index in [1.165, 1.54) is 0 Å². The summed E-state index contributed by atoms with van der Waals surface area (Å²) < 4.78 is 1.90. The summed E-state index contributed by atoms with van der Waals surface area (Å²) in [4.78, 5) is 4.08. The van der Waals surface area contributed by atoms with Gasteiger partial charge in [-0.25, -0.2) is 4.68 Å². The van der Waals surface area contributed by atoms with Crippen molar-refractivity contribution in [1.29, 1.82) is 0 Å². The summed E-state index contributed by atoms with van der Waals surface area (Å²) in [5.41, 5.74) is 4.14. The largest absolute Gasteiger partial charge is 0.385 e. The highest BCUT2D eigenvalue weighted by atomic mass is 15.3. The molecule has 0 saturated carbocycles. The molecule has 0 unspecified atom stereocenters. The van der Waals surface area contributed by atoms with Gasteiger partial charge in [-0.2, -0.15) is 5.10 Å². The van der Waals surface area contributed by atoms with Crippen LogP contribution in [-0.2, 0) is 0 Å². The molecule has 0 radical (unpaired) electrons. The summed E-state index contributed by atoms with van der Waals surface area (Å²) >= 11 is 0. The van der Waals surface area contributed by atoms with Gasteiger partial charge in [0, 0.05) is 43.8 Å². The quantitative estimate of drug-likeness (QED) is 0.367. The molecule has 25 heavy (non-hydrogen) atoms. The number of aryl methyl sites for hydroxylation is 1. The standard InChI is InChI=1S/C20H31N5/c1-7-9-11-22-17(4)12-20(25-18(5)16(3)13-24-25)23-15-19(10-8-2)14-21-6/h8,10,12-14,22-23H,2,4,7,9,11,15H2,1,3,5-6H3/b19-10+,20-12-,21-14?. The lowest BCUT2D eigenvalue weighted by atomic mass is 10.2. The van der Waals surface area contributed by atoms with E-state index in [0.29, 0.717) is 6.54 Å². The molecule has 0 fully saturated rings. The highest BCUT2D eigenvalue weighted by Gasteiger charge is 2.08. The van der Waals surface area contributed by atoms with E-state index in [1.54, 1.807) is 13.1 Å². The topological polar surface area (TPSA) is 54.2 Å². The van der Waals surface area contributed by atoms with Crippen molar-refractivity contribution in [1.82, 2.24) is 20.4 Å². The van der Waals surface area contributed by atoms with Crippen molar-refractivity contribution in [2.75, 3.05) is 20.1 Å². The van der Waals surface area contributed by atoms with Crippen molar-refractivity contribution >= 4 is 12.0 Å². The van der Waals surface area contributed by atoms with Gasteiger partial charge in [0.05, 0.1) is 6.20 Å². The molecule has 2 N–H and O–H groups in total. The van der Waals surface area contributed by atoms with E-state index < -0.39 is 0 Å². The molecule has 0 atom stereocenters. The number of aromatic nitrogens is 2. The minimum Gasteiger partial charge on any atom is -0.385 e. The first-order valence-corrected chi connectivity index (χ1v) is 8.67. The van der Waals surface area contributed by atoms with E-state index in [0.717, 1.165) is 47.7 Å². The van der Waals surface area contributed by atoms with Crippen molar-refractivity contribution in [3.05, 3.63) is 60.1 Å². The molecule has 0 spiro atoms. The first kappa shape index (κ1) is 20.5. The molecule has 1 aromatic heterocycles. The number of allylic oxidation sites excluding steroid dienone is 3. The average Bonchev–Trinajstić information content (AvgIpc) is 2.91. The second-order valence-electron chi connectivity index (χ2n) is 5.88. The summed E-state index contributed by atoms with van der Waals surface area (Å²) in [6, 6.07) is 0. The van der Waals surface area contributed by atoms with Crippen LogP contribution in [0.2, 0.25) is 0 Å². The number of hydrogen-bond donors (Lipinski definition) is 2. The maximum Gasteiger partial charge on any atom is 0.130 e. The van der Waals surface area contributed by atoms with Gasteiger partial charge in [0.1, 0.15) is 5.82 Å². The molecule has 1 rings (SSSR count). The van der Waals surface area contributed by atoms with Crippen LogP contribution in [0.4, 0.5) is 0 Å². The third kappa shape index (κ3) is 6.83. The van der Waals surface area contributed by atoms with Crippen LogP contribution in [0.25, 0.3) is 5.82 Å². The molecular formula is C20H31N5. The summed E-state index contributed by atoms with van der Waals surface area (Å²) in [5.74, 6) is 0.874. The van der Waals surface area contributed by atoms with Gasteiger partial charge >= 0.3 is 0 Å². The molecule has 0 aliphatic carbocycles. The second kappa shape index (κ2) is 11.1. The fourth-order valence-electron chi connectivity index (χ4n) is 2.22. The monoisotopic (exact) mass is 341 g/mol. The smallest absolute Gasteiger partial charge is 0.130 e. The van der Waals surface area contributed by atoms with Gasteiger partial charge in [-0.05, 0) is 31.4 Å². The lowest BCUT2D eigenvalue weighted by Gasteiger charge is -2.15. The van der Waals surface area contributed by atoms with Crippen molar-refractivity contribution < 1.29 is 0 Å². The first-order chi connectivity index (χ1) is 12.0. The van der Waals surface area contributed by atoms with Crippen LogP contribution in [-0.4, -0.2) is 36.1 Å². The predicted molar refractivity (Wildman–Crippen MR) is 109 cm³/mol. The summed E-state index contributed by atoms with van der Waals surface area (Å²) in [5, 5.41) is 11.3. The minimum atomic E-state index is 0.621. The molecule has 1 heterocycles. The zero-order chi connectivity index (χ0) is 18.7. The Morgan fingerprint density at radius 2 is 2.12 bits per heavy atom. The highest BCUT2D eigenvalue weighted by molar-refractivity contribution is 5.79. The summed E-state index contributed by atoms with van der Waals surface area (Å²) in [6.07, 6.45) is 11.6. The van der Waals surface area contributed by atoms with Crippen molar-refractivity contribution in [3.63, 3.8) is 0 Å². The Kier molecular flexibility index (Phi) is 9.07. The molecule has 5 heteroatoms. The SMILES string of the molecule is C=C/C=C(\C=NC)CN/C(=C/C(=C)NCCCC)n1ncc(C)c1C. The second-order valence-corrected chi connectivity index (χ2v) is 5.88. The van der Waals surface area contributed by atoms with Crippen LogP contribution in [0.5, 0.6) is 0 Å². The van der Waals surface area contributed by atoms with E-state index in [2.05, 4.69) is 54.7 Å². The molecule has 136 valence electrons. The molecule has 0 aromatic carbocycles. The van der Waals surface area contributed by atoms with Gasteiger partial charge in [-0.15, -0.1) is 0 Å². The number of hydrogen-bond acceptors (Lipinski definition) is 4. The Labute approximate surface area is 151 Å². The zero-order valence-corrected chi connectivity index (χ0v) is 16.0. The third-order valence-corrected chi connectivity index (χ3v) is 3.78. The highest BCUT2D eigenvalue weighted by Crippen LogP contribution is 2.11. The van der Waals surface area contributed by atoms with E-state index in [9.17, 15) is 0 Å². The molecule has 0 aliphatic rings.